The van der Waals surface area contributed by atoms with Gasteiger partial charge >= 0.3 is 5.97 Å². The van der Waals surface area contributed by atoms with Crippen LogP contribution in [0.4, 0.5) is 0 Å². The van der Waals surface area contributed by atoms with E-state index in [2.05, 4.69) is 4.74 Å². The largest absolute Gasteiger partial charge is 0.469 e. The van der Waals surface area contributed by atoms with Gasteiger partial charge in [-0.2, -0.15) is 0 Å². The zero-order valence-electron chi connectivity index (χ0n) is 13.1. The molecule has 1 spiro atoms. The van der Waals surface area contributed by atoms with Gasteiger partial charge in [-0.1, -0.05) is 0 Å². The quantitative estimate of drug-likeness (QED) is 0.717. The Hall–Kier alpha value is -1.14. The lowest BCUT2D eigenvalue weighted by Gasteiger charge is -2.34. The molecule has 0 unspecified atom stereocenters. The van der Waals surface area contributed by atoms with Crippen LogP contribution in [0.25, 0.3) is 0 Å². The van der Waals surface area contributed by atoms with E-state index in [1.54, 1.807) is 4.90 Å². The summed E-state index contributed by atoms with van der Waals surface area (Å²) in [5.41, 5.74) is 0. The Bertz CT molecular complexity index is 384. The maximum absolute atomic E-state index is 12.9. The Labute approximate surface area is 125 Å². The molecule has 1 saturated heterocycles. The molecule has 1 atom stereocenters. The van der Waals surface area contributed by atoms with E-state index >= 15 is 0 Å². The SMILES string of the molecule is COC(=O)CCN(C(=O)[C@@H]1CCCC12OCCO2)C(C)C. The minimum absolute atomic E-state index is 0.0216. The van der Waals surface area contributed by atoms with Gasteiger partial charge in [0.2, 0.25) is 5.91 Å². The van der Waals surface area contributed by atoms with Crippen LogP contribution in [0.2, 0.25) is 0 Å². The van der Waals surface area contributed by atoms with Crippen molar-refractivity contribution in [2.45, 2.75) is 51.4 Å². The van der Waals surface area contributed by atoms with Crippen LogP contribution in [0.15, 0.2) is 0 Å². The molecule has 0 bridgehead atoms. The van der Waals surface area contributed by atoms with E-state index in [1.165, 1.54) is 7.11 Å². The van der Waals surface area contributed by atoms with Gasteiger partial charge in [-0.05, 0) is 26.7 Å². The van der Waals surface area contributed by atoms with Gasteiger partial charge < -0.3 is 19.1 Å². The minimum atomic E-state index is -0.727. The topological polar surface area (TPSA) is 65.1 Å². The summed E-state index contributed by atoms with van der Waals surface area (Å²) in [5, 5.41) is 0. The molecule has 0 aromatic rings. The van der Waals surface area contributed by atoms with Crippen LogP contribution < -0.4 is 0 Å². The smallest absolute Gasteiger partial charge is 0.307 e. The Morgan fingerprint density at radius 2 is 2.00 bits per heavy atom. The molecule has 2 aliphatic rings. The molecule has 2 rings (SSSR count). The Morgan fingerprint density at radius 3 is 2.57 bits per heavy atom. The molecule has 1 amide bonds. The highest BCUT2D eigenvalue weighted by atomic mass is 16.7. The van der Waals surface area contributed by atoms with Crippen LogP contribution in [-0.4, -0.2) is 55.5 Å². The molecular weight excluding hydrogens is 274 g/mol. The summed E-state index contributed by atoms with van der Waals surface area (Å²) in [6.45, 7) is 5.37. The van der Waals surface area contributed by atoms with E-state index in [0.29, 0.717) is 19.8 Å². The maximum atomic E-state index is 12.9. The predicted molar refractivity (Wildman–Crippen MR) is 75.5 cm³/mol. The van der Waals surface area contributed by atoms with Crippen LogP contribution in [-0.2, 0) is 23.8 Å². The lowest BCUT2D eigenvalue weighted by molar-refractivity contribution is -0.192. The summed E-state index contributed by atoms with van der Waals surface area (Å²) in [6, 6.07) is 0.0289. The molecule has 6 nitrogen and oxygen atoms in total. The normalized spacial score (nSPS) is 23.7. The van der Waals surface area contributed by atoms with Gasteiger partial charge in [0.25, 0.3) is 0 Å². The second-order valence-corrected chi connectivity index (χ2v) is 5.91. The van der Waals surface area contributed by atoms with Gasteiger partial charge in [-0.15, -0.1) is 0 Å². The molecule has 0 aromatic carbocycles. The van der Waals surface area contributed by atoms with Gasteiger partial charge in [0.1, 0.15) is 0 Å². The van der Waals surface area contributed by atoms with Gasteiger partial charge in [0.15, 0.2) is 5.79 Å². The van der Waals surface area contributed by atoms with E-state index in [-0.39, 0.29) is 30.3 Å². The fourth-order valence-corrected chi connectivity index (χ4v) is 3.21. The van der Waals surface area contributed by atoms with E-state index in [9.17, 15) is 9.59 Å². The zero-order valence-corrected chi connectivity index (χ0v) is 13.1. The molecular formula is C15H25NO5. The highest BCUT2D eigenvalue weighted by Crippen LogP contribution is 2.43. The number of methoxy groups -OCH3 is 1. The van der Waals surface area contributed by atoms with Crippen LogP contribution in [0.3, 0.4) is 0 Å². The molecule has 0 radical (unpaired) electrons. The Morgan fingerprint density at radius 1 is 1.33 bits per heavy atom. The Balaban J connectivity index is 2.05. The summed E-state index contributed by atoms with van der Waals surface area (Å²) < 4.78 is 16.2. The number of amides is 1. The number of rotatable bonds is 5. The van der Waals surface area contributed by atoms with Gasteiger partial charge in [0, 0.05) is 19.0 Å². The van der Waals surface area contributed by atoms with E-state index < -0.39 is 5.79 Å². The first-order valence-electron chi connectivity index (χ1n) is 7.65. The number of esters is 1. The number of ether oxygens (including phenoxy) is 3. The summed E-state index contributed by atoms with van der Waals surface area (Å²) in [6.07, 6.45) is 2.69. The number of carbonyl (C=O) groups is 2. The monoisotopic (exact) mass is 299 g/mol. The minimum Gasteiger partial charge on any atom is -0.469 e. The molecule has 21 heavy (non-hydrogen) atoms. The molecule has 6 heteroatoms. The van der Waals surface area contributed by atoms with Crippen molar-refractivity contribution in [3.63, 3.8) is 0 Å². The van der Waals surface area contributed by atoms with Crippen LogP contribution in [0, 0.1) is 5.92 Å². The summed E-state index contributed by atoms with van der Waals surface area (Å²) in [7, 11) is 1.36. The van der Waals surface area contributed by atoms with Gasteiger partial charge in [0.05, 0.1) is 32.7 Å². The van der Waals surface area contributed by atoms with Crippen molar-refractivity contribution in [1.82, 2.24) is 4.90 Å². The molecule has 0 N–H and O–H groups in total. The van der Waals surface area contributed by atoms with Crippen molar-refractivity contribution in [1.29, 1.82) is 0 Å². The van der Waals surface area contributed by atoms with Crippen LogP contribution in [0.1, 0.15) is 39.5 Å². The molecule has 1 saturated carbocycles. The highest BCUT2D eigenvalue weighted by Gasteiger charge is 2.52. The summed E-state index contributed by atoms with van der Waals surface area (Å²) in [5.74, 6) is -1.27. The molecule has 120 valence electrons. The lowest BCUT2D eigenvalue weighted by Crippen LogP contribution is -2.49. The number of hydrogen-bond acceptors (Lipinski definition) is 5. The summed E-state index contributed by atoms with van der Waals surface area (Å²) >= 11 is 0. The van der Waals surface area contributed by atoms with Crippen molar-refractivity contribution in [3.8, 4) is 0 Å². The van der Waals surface area contributed by atoms with E-state index in [1.807, 2.05) is 13.8 Å². The average Bonchev–Trinajstić information content (AvgIpc) is 3.09. The number of carbonyl (C=O) groups excluding carboxylic acids is 2. The van der Waals surface area contributed by atoms with Crippen molar-refractivity contribution < 1.29 is 23.8 Å². The zero-order chi connectivity index (χ0) is 15.5. The van der Waals surface area contributed by atoms with Crippen molar-refractivity contribution in [3.05, 3.63) is 0 Å². The van der Waals surface area contributed by atoms with E-state index in [0.717, 1.165) is 19.3 Å². The van der Waals surface area contributed by atoms with Gasteiger partial charge in [-0.3, -0.25) is 9.59 Å². The first kappa shape index (κ1) is 16.2. The molecule has 0 aromatic heterocycles. The van der Waals surface area contributed by atoms with E-state index in [4.69, 9.17) is 9.47 Å². The Kier molecular flexibility index (Phi) is 5.22. The van der Waals surface area contributed by atoms with Crippen molar-refractivity contribution in [2.75, 3.05) is 26.9 Å². The molecule has 2 fully saturated rings. The van der Waals surface area contributed by atoms with Crippen molar-refractivity contribution in [2.24, 2.45) is 5.92 Å². The highest BCUT2D eigenvalue weighted by molar-refractivity contribution is 5.81. The van der Waals surface area contributed by atoms with Crippen LogP contribution in [0.5, 0.6) is 0 Å². The first-order chi connectivity index (χ1) is 10.00. The third-order valence-electron chi connectivity index (χ3n) is 4.31. The third kappa shape index (κ3) is 3.37. The molecule has 1 aliphatic carbocycles. The fraction of sp³-hybridized carbons (Fsp3) is 0.867. The number of hydrogen-bond donors (Lipinski definition) is 0. The number of nitrogens with zero attached hydrogens (tertiary/aromatic N) is 1. The second kappa shape index (κ2) is 6.75. The fourth-order valence-electron chi connectivity index (χ4n) is 3.21. The predicted octanol–water partition coefficient (Wildman–Crippen LogP) is 1.33. The third-order valence-corrected chi connectivity index (χ3v) is 4.31. The standard InChI is InChI=1S/C15H25NO5/c1-11(2)16(8-6-13(17)19-3)14(18)12-5-4-7-15(12)20-9-10-21-15/h11-12H,4-10H2,1-3H3/t12-/m0/s1. The summed E-state index contributed by atoms with van der Waals surface area (Å²) in [4.78, 5) is 25.9. The molecule has 1 heterocycles. The average molecular weight is 299 g/mol. The van der Waals surface area contributed by atoms with Gasteiger partial charge in [-0.25, -0.2) is 0 Å². The lowest BCUT2D eigenvalue weighted by atomic mass is 9.99. The van der Waals surface area contributed by atoms with Crippen molar-refractivity contribution >= 4 is 11.9 Å². The maximum Gasteiger partial charge on any atom is 0.307 e. The second-order valence-electron chi connectivity index (χ2n) is 5.91. The molecule has 1 aliphatic heterocycles. The first-order valence-corrected chi connectivity index (χ1v) is 7.65. The van der Waals surface area contributed by atoms with Crippen LogP contribution >= 0.6 is 0 Å².